The molecule has 1 aromatic rings. The summed E-state index contributed by atoms with van der Waals surface area (Å²) in [5.74, 6) is 0. The highest BCUT2D eigenvalue weighted by Crippen LogP contribution is 2.17. The Balaban J connectivity index is 2.45. The normalized spacial score (nSPS) is 15.6. The van der Waals surface area contributed by atoms with Crippen LogP contribution in [0.5, 0.6) is 0 Å². The van der Waals surface area contributed by atoms with Crippen LogP contribution in [0.25, 0.3) is 6.08 Å². The standard InChI is InChI=1S/C11H11/c1-2-6-10-8-4-5-9-11(10)7-3-1/h2,4,6,8-9H,1,3,7H2. The van der Waals surface area contributed by atoms with Gasteiger partial charge < -0.3 is 0 Å². The van der Waals surface area contributed by atoms with Crippen molar-refractivity contribution in [1.82, 2.24) is 0 Å². The molecule has 55 valence electrons. The summed E-state index contributed by atoms with van der Waals surface area (Å²) in [4.78, 5) is 0. The zero-order chi connectivity index (χ0) is 7.52. The molecule has 1 aliphatic rings. The van der Waals surface area contributed by atoms with Crippen molar-refractivity contribution in [2.45, 2.75) is 19.3 Å². The average molecular weight is 143 g/mol. The van der Waals surface area contributed by atoms with Crippen LogP contribution < -0.4 is 0 Å². The van der Waals surface area contributed by atoms with E-state index < -0.39 is 0 Å². The summed E-state index contributed by atoms with van der Waals surface area (Å²) in [6.07, 6.45) is 8.18. The van der Waals surface area contributed by atoms with Crippen LogP contribution in [0.2, 0.25) is 0 Å². The molecular formula is C11H11. The molecule has 1 aliphatic carbocycles. The van der Waals surface area contributed by atoms with Crippen LogP contribution in [-0.2, 0) is 6.42 Å². The van der Waals surface area contributed by atoms with E-state index in [0.717, 1.165) is 0 Å². The number of benzene rings is 1. The van der Waals surface area contributed by atoms with Gasteiger partial charge in [0.25, 0.3) is 0 Å². The van der Waals surface area contributed by atoms with Gasteiger partial charge in [0, 0.05) is 0 Å². The van der Waals surface area contributed by atoms with Crippen LogP contribution in [0.3, 0.4) is 0 Å². The highest BCUT2D eigenvalue weighted by molar-refractivity contribution is 5.54. The Morgan fingerprint density at radius 2 is 2.36 bits per heavy atom. The van der Waals surface area contributed by atoms with E-state index in [0.29, 0.717) is 0 Å². The number of aryl methyl sites for hydroxylation is 1. The predicted molar refractivity (Wildman–Crippen MR) is 47.3 cm³/mol. The lowest BCUT2D eigenvalue weighted by atomic mass is 10.1. The molecule has 0 amide bonds. The van der Waals surface area contributed by atoms with E-state index in [4.69, 9.17) is 0 Å². The SMILES string of the molecule is [c]1ccc2c(c1)CCCC=C2. The van der Waals surface area contributed by atoms with Gasteiger partial charge in [-0.15, -0.1) is 0 Å². The van der Waals surface area contributed by atoms with Gasteiger partial charge in [0.15, 0.2) is 0 Å². The third-order valence-corrected chi connectivity index (χ3v) is 2.10. The molecule has 0 aromatic heterocycles. The van der Waals surface area contributed by atoms with Crippen molar-refractivity contribution < 1.29 is 0 Å². The quantitative estimate of drug-likeness (QED) is 0.524. The molecule has 0 heterocycles. The van der Waals surface area contributed by atoms with E-state index in [1.807, 2.05) is 6.07 Å². The molecule has 0 nitrogen and oxygen atoms in total. The molecule has 0 aliphatic heterocycles. The number of fused-ring (bicyclic) bond motifs is 1. The van der Waals surface area contributed by atoms with Gasteiger partial charge in [-0.05, 0) is 36.5 Å². The largest absolute Gasteiger partial charge is 0.0839 e. The van der Waals surface area contributed by atoms with E-state index in [2.05, 4.69) is 30.4 Å². The number of rotatable bonds is 0. The summed E-state index contributed by atoms with van der Waals surface area (Å²) in [5.41, 5.74) is 2.82. The highest BCUT2D eigenvalue weighted by Gasteiger charge is 2.00. The first-order valence-corrected chi connectivity index (χ1v) is 4.12. The van der Waals surface area contributed by atoms with Gasteiger partial charge in [-0.2, -0.15) is 0 Å². The molecule has 0 saturated carbocycles. The topological polar surface area (TPSA) is 0 Å². The first-order chi connectivity index (χ1) is 5.47. The lowest BCUT2D eigenvalue weighted by molar-refractivity contribution is 0.851. The van der Waals surface area contributed by atoms with Crippen molar-refractivity contribution in [1.29, 1.82) is 0 Å². The molecule has 0 heteroatoms. The number of hydrogen-bond donors (Lipinski definition) is 0. The molecule has 11 heavy (non-hydrogen) atoms. The van der Waals surface area contributed by atoms with E-state index in [1.54, 1.807) is 0 Å². The van der Waals surface area contributed by atoms with Crippen LogP contribution >= 0.6 is 0 Å². The van der Waals surface area contributed by atoms with E-state index >= 15 is 0 Å². The maximum atomic E-state index is 3.11. The summed E-state index contributed by atoms with van der Waals surface area (Å²) in [7, 11) is 0. The van der Waals surface area contributed by atoms with Crippen LogP contribution in [0.15, 0.2) is 24.3 Å². The van der Waals surface area contributed by atoms with Crippen molar-refractivity contribution in [3.05, 3.63) is 41.5 Å². The molecule has 0 spiro atoms. The minimum atomic E-state index is 1.21. The Bertz CT molecular complexity index is 271. The molecule has 0 fully saturated rings. The number of hydrogen-bond acceptors (Lipinski definition) is 0. The molecule has 2 rings (SSSR count). The fraction of sp³-hybridized carbons (Fsp3) is 0.273. The first-order valence-electron chi connectivity index (χ1n) is 4.12. The van der Waals surface area contributed by atoms with Crippen LogP contribution in [-0.4, -0.2) is 0 Å². The van der Waals surface area contributed by atoms with Crippen LogP contribution in [0, 0.1) is 6.07 Å². The first kappa shape index (κ1) is 6.66. The lowest BCUT2D eigenvalue weighted by Crippen LogP contribution is -1.85. The second-order valence-electron chi connectivity index (χ2n) is 2.92. The predicted octanol–water partition coefficient (Wildman–Crippen LogP) is 2.84. The summed E-state index contributed by atoms with van der Waals surface area (Å²) in [6, 6.07) is 9.33. The third-order valence-electron chi connectivity index (χ3n) is 2.10. The lowest BCUT2D eigenvalue weighted by Gasteiger charge is -2.00. The summed E-state index contributed by atoms with van der Waals surface area (Å²) in [6.45, 7) is 0. The molecule has 0 saturated heterocycles. The van der Waals surface area contributed by atoms with Gasteiger partial charge >= 0.3 is 0 Å². The Morgan fingerprint density at radius 1 is 1.36 bits per heavy atom. The Hall–Kier alpha value is -1.04. The monoisotopic (exact) mass is 143 g/mol. The smallest absolute Gasteiger partial charge is 0.0181 e. The van der Waals surface area contributed by atoms with Gasteiger partial charge in [0.2, 0.25) is 0 Å². The molecule has 0 N–H and O–H groups in total. The second kappa shape index (κ2) is 2.91. The van der Waals surface area contributed by atoms with Crippen molar-refractivity contribution in [3.8, 4) is 0 Å². The van der Waals surface area contributed by atoms with Gasteiger partial charge in [0.05, 0.1) is 0 Å². The van der Waals surface area contributed by atoms with Crippen LogP contribution in [0.1, 0.15) is 24.0 Å². The molecular weight excluding hydrogens is 132 g/mol. The molecule has 1 aromatic carbocycles. The maximum Gasteiger partial charge on any atom is -0.0181 e. The zero-order valence-electron chi connectivity index (χ0n) is 6.51. The van der Waals surface area contributed by atoms with E-state index in [-0.39, 0.29) is 0 Å². The molecule has 0 bridgehead atoms. The Morgan fingerprint density at radius 3 is 3.36 bits per heavy atom. The summed E-state index contributed by atoms with van der Waals surface area (Å²) < 4.78 is 0. The number of allylic oxidation sites excluding steroid dienone is 1. The van der Waals surface area contributed by atoms with Gasteiger partial charge in [0.1, 0.15) is 0 Å². The highest BCUT2D eigenvalue weighted by atomic mass is 14.1. The van der Waals surface area contributed by atoms with Crippen molar-refractivity contribution in [2.75, 3.05) is 0 Å². The maximum absolute atomic E-state index is 3.11. The second-order valence-corrected chi connectivity index (χ2v) is 2.92. The van der Waals surface area contributed by atoms with E-state index in [1.165, 1.54) is 30.4 Å². The molecule has 0 atom stereocenters. The third kappa shape index (κ3) is 1.35. The summed E-state index contributed by atoms with van der Waals surface area (Å²) >= 11 is 0. The van der Waals surface area contributed by atoms with Crippen molar-refractivity contribution in [2.24, 2.45) is 0 Å². The van der Waals surface area contributed by atoms with Crippen molar-refractivity contribution >= 4 is 6.08 Å². The van der Waals surface area contributed by atoms with Gasteiger partial charge in [-0.1, -0.05) is 30.4 Å². The molecule has 1 radical (unpaired) electrons. The van der Waals surface area contributed by atoms with E-state index in [9.17, 15) is 0 Å². The minimum absolute atomic E-state index is 1.21. The summed E-state index contributed by atoms with van der Waals surface area (Å²) in [5, 5.41) is 0. The fourth-order valence-corrected chi connectivity index (χ4v) is 1.48. The molecule has 0 unspecified atom stereocenters. The Labute approximate surface area is 67.6 Å². The van der Waals surface area contributed by atoms with Crippen LogP contribution in [0.4, 0.5) is 0 Å². The van der Waals surface area contributed by atoms with Gasteiger partial charge in [-0.3, -0.25) is 0 Å². The Kier molecular flexibility index (Phi) is 1.76. The minimum Gasteiger partial charge on any atom is -0.0839 e. The van der Waals surface area contributed by atoms with Gasteiger partial charge in [-0.25, -0.2) is 0 Å². The van der Waals surface area contributed by atoms with Crippen molar-refractivity contribution in [3.63, 3.8) is 0 Å². The zero-order valence-corrected chi connectivity index (χ0v) is 6.51. The average Bonchev–Trinajstić information content (AvgIpc) is 2.28. The fourth-order valence-electron chi connectivity index (χ4n) is 1.48.